The molecule has 2 nitrogen and oxygen atoms in total. The van der Waals surface area contributed by atoms with E-state index in [0.717, 1.165) is 19.5 Å². The first kappa shape index (κ1) is 7.76. The van der Waals surface area contributed by atoms with Crippen molar-refractivity contribution in [3.63, 3.8) is 0 Å². The predicted octanol–water partition coefficient (Wildman–Crippen LogP) is 0.390. The van der Waals surface area contributed by atoms with E-state index in [1.54, 1.807) is 0 Å². The Morgan fingerprint density at radius 2 is 2.50 bits per heavy atom. The standard InChI is InChI=1S/C8H15NO/c1-2-7-5-9-4-3-8(7)6-10/h2,7-10H,1,3-6H2. The van der Waals surface area contributed by atoms with Crippen LogP contribution in [0, 0.1) is 11.8 Å². The summed E-state index contributed by atoms with van der Waals surface area (Å²) in [5, 5.41) is 12.2. The van der Waals surface area contributed by atoms with Gasteiger partial charge in [0.1, 0.15) is 0 Å². The second-order valence-electron chi connectivity index (χ2n) is 2.84. The second kappa shape index (κ2) is 3.74. The average Bonchev–Trinajstić information content (AvgIpc) is 2.04. The summed E-state index contributed by atoms with van der Waals surface area (Å²) in [4.78, 5) is 0. The Balaban J connectivity index is 2.41. The van der Waals surface area contributed by atoms with Crippen molar-refractivity contribution < 1.29 is 5.11 Å². The fraction of sp³-hybridized carbons (Fsp3) is 0.750. The van der Waals surface area contributed by atoms with Crippen molar-refractivity contribution in [3.8, 4) is 0 Å². The van der Waals surface area contributed by atoms with Crippen molar-refractivity contribution in [3.05, 3.63) is 12.7 Å². The van der Waals surface area contributed by atoms with Gasteiger partial charge in [0.05, 0.1) is 0 Å². The van der Waals surface area contributed by atoms with E-state index in [1.807, 2.05) is 6.08 Å². The first-order valence-corrected chi connectivity index (χ1v) is 3.82. The van der Waals surface area contributed by atoms with E-state index >= 15 is 0 Å². The number of nitrogens with one attached hydrogen (secondary N) is 1. The van der Waals surface area contributed by atoms with Gasteiger partial charge in [-0.3, -0.25) is 0 Å². The Kier molecular flexibility index (Phi) is 2.90. The molecule has 0 saturated carbocycles. The maximum Gasteiger partial charge on any atom is 0.0465 e. The molecule has 58 valence electrons. The second-order valence-corrected chi connectivity index (χ2v) is 2.84. The number of aliphatic hydroxyl groups excluding tert-OH is 1. The van der Waals surface area contributed by atoms with Crippen molar-refractivity contribution in [1.29, 1.82) is 0 Å². The van der Waals surface area contributed by atoms with Gasteiger partial charge in [0.25, 0.3) is 0 Å². The Morgan fingerprint density at radius 1 is 1.70 bits per heavy atom. The smallest absolute Gasteiger partial charge is 0.0465 e. The molecule has 1 fully saturated rings. The van der Waals surface area contributed by atoms with Crippen LogP contribution in [0.4, 0.5) is 0 Å². The molecule has 1 saturated heterocycles. The zero-order valence-electron chi connectivity index (χ0n) is 6.21. The van der Waals surface area contributed by atoms with Crippen LogP contribution < -0.4 is 5.32 Å². The molecule has 0 spiro atoms. The van der Waals surface area contributed by atoms with Gasteiger partial charge in [0.15, 0.2) is 0 Å². The van der Waals surface area contributed by atoms with E-state index in [4.69, 9.17) is 5.11 Å². The highest BCUT2D eigenvalue weighted by Gasteiger charge is 2.20. The molecule has 2 atom stereocenters. The molecule has 0 radical (unpaired) electrons. The Bertz CT molecular complexity index is 114. The van der Waals surface area contributed by atoms with Crippen molar-refractivity contribution in [2.24, 2.45) is 11.8 Å². The van der Waals surface area contributed by atoms with Gasteiger partial charge in [0.2, 0.25) is 0 Å². The molecule has 0 amide bonds. The summed E-state index contributed by atoms with van der Waals surface area (Å²) in [7, 11) is 0. The van der Waals surface area contributed by atoms with Crippen molar-refractivity contribution in [2.45, 2.75) is 6.42 Å². The minimum atomic E-state index is 0.304. The molecule has 1 aliphatic rings. The SMILES string of the molecule is C=CC1CNCCC1CO. The Labute approximate surface area is 61.9 Å². The molecule has 2 N–H and O–H groups in total. The lowest BCUT2D eigenvalue weighted by Gasteiger charge is -2.28. The van der Waals surface area contributed by atoms with Crippen molar-refractivity contribution in [1.82, 2.24) is 5.32 Å². The Morgan fingerprint density at radius 3 is 3.00 bits per heavy atom. The predicted molar refractivity (Wildman–Crippen MR) is 41.7 cm³/mol. The minimum absolute atomic E-state index is 0.304. The van der Waals surface area contributed by atoms with Gasteiger partial charge in [-0.2, -0.15) is 0 Å². The highest BCUT2D eigenvalue weighted by Crippen LogP contribution is 2.18. The Hall–Kier alpha value is -0.340. The molecule has 0 aromatic rings. The third-order valence-corrected chi connectivity index (χ3v) is 2.21. The topological polar surface area (TPSA) is 32.3 Å². The molecule has 2 heteroatoms. The minimum Gasteiger partial charge on any atom is -0.396 e. The quantitative estimate of drug-likeness (QED) is 0.545. The highest BCUT2D eigenvalue weighted by molar-refractivity contribution is 4.89. The molecule has 1 rings (SSSR count). The molecule has 1 heterocycles. The van der Waals surface area contributed by atoms with Gasteiger partial charge in [0, 0.05) is 13.2 Å². The van der Waals surface area contributed by atoms with Crippen LogP contribution in [0.1, 0.15) is 6.42 Å². The largest absolute Gasteiger partial charge is 0.396 e. The van der Waals surface area contributed by atoms with Gasteiger partial charge >= 0.3 is 0 Å². The van der Waals surface area contributed by atoms with Crippen LogP contribution in [0.15, 0.2) is 12.7 Å². The molecule has 0 aromatic carbocycles. The molecule has 0 aliphatic carbocycles. The van der Waals surface area contributed by atoms with E-state index in [1.165, 1.54) is 0 Å². The van der Waals surface area contributed by atoms with Gasteiger partial charge in [-0.05, 0) is 24.8 Å². The summed E-state index contributed by atoms with van der Waals surface area (Å²) in [6.45, 7) is 6.05. The van der Waals surface area contributed by atoms with Gasteiger partial charge in [-0.1, -0.05) is 6.08 Å². The van der Waals surface area contributed by atoms with Crippen LogP contribution >= 0.6 is 0 Å². The maximum atomic E-state index is 8.92. The van der Waals surface area contributed by atoms with E-state index in [9.17, 15) is 0 Å². The summed E-state index contributed by atoms with van der Waals surface area (Å²) < 4.78 is 0. The lowest BCUT2D eigenvalue weighted by Crippen LogP contribution is -2.36. The third-order valence-electron chi connectivity index (χ3n) is 2.21. The molecular formula is C8H15NO. The summed E-state index contributed by atoms with van der Waals surface area (Å²) in [6, 6.07) is 0. The summed E-state index contributed by atoms with van der Waals surface area (Å²) >= 11 is 0. The van der Waals surface area contributed by atoms with Crippen LogP contribution in [0.25, 0.3) is 0 Å². The zero-order chi connectivity index (χ0) is 7.40. The van der Waals surface area contributed by atoms with Gasteiger partial charge in [-0.15, -0.1) is 6.58 Å². The van der Waals surface area contributed by atoms with Crippen LogP contribution in [-0.4, -0.2) is 24.8 Å². The van der Waals surface area contributed by atoms with Gasteiger partial charge < -0.3 is 10.4 Å². The van der Waals surface area contributed by atoms with Crippen LogP contribution in [-0.2, 0) is 0 Å². The monoisotopic (exact) mass is 141 g/mol. The molecule has 2 unspecified atom stereocenters. The number of hydrogen-bond acceptors (Lipinski definition) is 2. The van der Waals surface area contributed by atoms with E-state index in [0.29, 0.717) is 18.4 Å². The highest BCUT2D eigenvalue weighted by atomic mass is 16.3. The van der Waals surface area contributed by atoms with Crippen molar-refractivity contribution >= 4 is 0 Å². The van der Waals surface area contributed by atoms with E-state index in [-0.39, 0.29) is 0 Å². The summed E-state index contributed by atoms with van der Waals surface area (Å²) in [5.74, 6) is 0.914. The van der Waals surface area contributed by atoms with Crippen LogP contribution in [0.2, 0.25) is 0 Å². The van der Waals surface area contributed by atoms with Crippen LogP contribution in [0.5, 0.6) is 0 Å². The maximum absolute atomic E-state index is 8.92. The summed E-state index contributed by atoms with van der Waals surface area (Å²) in [5.41, 5.74) is 0. The first-order valence-electron chi connectivity index (χ1n) is 3.82. The lowest BCUT2D eigenvalue weighted by atomic mass is 9.87. The molecule has 0 aromatic heterocycles. The third kappa shape index (κ3) is 1.58. The number of aliphatic hydroxyl groups is 1. The van der Waals surface area contributed by atoms with E-state index in [2.05, 4.69) is 11.9 Å². The number of rotatable bonds is 2. The van der Waals surface area contributed by atoms with Crippen molar-refractivity contribution in [2.75, 3.05) is 19.7 Å². The normalized spacial score (nSPS) is 33.7. The zero-order valence-corrected chi connectivity index (χ0v) is 6.21. The lowest BCUT2D eigenvalue weighted by molar-refractivity contribution is 0.166. The fourth-order valence-electron chi connectivity index (χ4n) is 1.44. The van der Waals surface area contributed by atoms with E-state index < -0.39 is 0 Å². The van der Waals surface area contributed by atoms with Crippen LogP contribution in [0.3, 0.4) is 0 Å². The molecular weight excluding hydrogens is 126 g/mol. The molecule has 0 bridgehead atoms. The first-order chi connectivity index (χ1) is 4.88. The molecule has 1 aliphatic heterocycles. The van der Waals surface area contributed by atoms with Gasteiger partial charge in [-0.25, -0.2) is 0 Å². The fourth-order valence-corrected chi connectivity index (χ4v) is 1.44. The average molecular weight is 141 g/mol. The number of hydrogen-bond donors (Lipinski definition) is 2. The number of piperidine rings is 1. The molecule has 10 heavy (non-hydrogen) atoms. The summed E-state index contributed by atoms with van der Waals surface area (Å²) in [6.07, 6.45) is 3.01.